The molecular formula is C14H27N3. The molecule has 0 saturated heterocycles. The Morgan fingerprint density at radius 3 is 2.29 bits per heavy atom. The molecule has 0 aliphatic carbocycles. The first-order chi connectivity index (χ1) is 8.33. The second-order valence-electron chi connectivity index (χ2n) is 4.62. The molecule has 1 heterocycles. The van der Waals surface area contributed by atoms with Crippen LogP contribution in [0.25, 0.3) is 0 Å². The predicted octanol–water partition coefficient (Wildman–Crippen LogP) is 2.92. The first kappa shape index (κ1) is 14.3. The first-order valence-electron chi connectivity index (χ1n) is 6.90. The average molecular weight is 237 g/mol. The summed E-state index contributed by atoms with van der Waals surface area (Å²) in [6.45, 7) is 7.47. The molecule has 1 aromatic heterocycles. The van der Waals surface area contributed by atoms with Gasteiger partial charge in [0.25, 0.3) is 0 Å². The molecule has 0 aromatic carbocycles. The number of unbranched alkanes of at least 4 members (excludes halogenated alkanes) is 2. The highest BCUT2D eigenvalue weighted by molar-refractivity contribution is 5.09. The summed E-state index contributed by atoms with van der Waals surface area (Å²) in [5.41, 5.74) is 7.20. The van der Waals surface area contributed by atoms with Gasteiger partial charge in [-0.25, -0.2) is 0 Å². The van der Waals surface area contributed by atoms with Crippen LogP contribution in [0.4, 0.5) is 0 Å². The first-order valence-corrected chi connectivity index (χ1v) is 6.90. The Morgan fingerprint density at radius 1 is 1.24 bits per heavy atom. The van der Waals surface area contributed by atoms with Crippen LogP contribution < -0.4 is 5.73 Å². The molecule has 0 radical (unpaired) electrons. The van der Waals surface area contributed by atoms with E-state index in [-0.39, 0.29) is 0 Å². The second kappa shape index (κ2) is 8.31. The molecule has 1 atom stereocenters. The highest BCUT2D eigenvalue weighted by Gasteiger charge is 2.18. The molecule has 3 heteroatoms. The number of nitrogens with two attached hydrogens (primary N) is 1. The van der Waals surface area contributed by atoms with Gasteiger partial charge in [0.2, 0.25) is 0 Å². The molecule has 3 nitrogen and oxygen atoms in total. The van der Waals surface area contributed by atoms with E-state index >= 15 is 0 Å². The fraction of sp³-hybridized carbons (Fsp3) is 0.714. The van der Waals surface area contributed by atoms with Gasteiger partial charge in [0.15, 0.2) is 0 Å². The van der Waals surface area contributed by atoms with Gasteiger partial charge in [-0.1, -0.05) is 26.7 Å². The molecular weight excluding hydrogens is 210 g/mol. The smallest absolute Gasteiger partial charge is 0.0622 e. The summed E-state index contributed by atoms with van der Waals surface area (Å²) in [5, 5.41) is 0. The maximum absolute atomic E-state index is 5.95. The lowest BCUT2D eigenvalue weighted by molar-refractivity contribution is 0.192. The van der Waals surface area contributed by atoms with Gasteiger partial charge in [0, 0.05) is 18.4 Å². The number of rotatable bonds is 9. The Labute approximate surface area is 105 Å². The van der Waals surface area contributed by atoms with Crippen molar-refractivity contribution in [2.75, 3.05) is 19.6 Å². The maximum Gasteiger partial charge on any atom is 0.0622 e. The van der Waals surface area contributed by atoms with Crippen LogP contribution in [0.2, 0.25) is 0 Å². The van der Waals surface area contributed by atoms with E-state index in [4.69, 9.17) is 5.73 Å². The summed E-state index contributed by atoms with van der Waals surface area (Å²) in [7, 11) is 0. The van der Waals surface area contributed by atoms with Gasteiger partial charge in [0.1, 0.15) is 0 Å². The van der Waals surface area contributed by atoms with Crippen LogP contribution in [0.3, 0.4) is 0 Å². The van der Waals surface area contributed by atoms with E-state index in [9.17, 15) is 0 Å². The van der Waals surface area contributed by atoms with Gasteiger partial charge in [0.05, 0.1) is 6.04 Å². The monoisotopic (exact) mass is 237 g/mol. The highest BCUT2D eigenvalue weighted by Crippen LogP contribution is 2.19. The van der Waals surface area contributed by atoms with Gasteiger partial charge < -0.3 is 10.7 Å². The molecule has 0 aliphatic heterocycles. The van der Waals surface area contributed by atoms with Crippen LogP contribution >= 0.6 is 0 Å². The SMILES string of the molecule is CCCCN(CCCC)C(CN)c1ccc[nH]1. The van der Waals surface area contributed by atoms with Gasteiger partial charge >= 0.3 is 0 Å². The standard InChI is InChI=1S/C14H27N3/c1-3-5-10-17(11-6-4-2)14(12-15)13-8-7-9-16-13/h7-9,14,16H,3-6,10-12,15H2,1-2H3. The molecule has 1 unspecified atom stereocenters. The van der Waals surface area contributed by atoms with Gasteiger partial charge in [-0.05, 0) is 38.1 Å². The van der Waals surface area contributed by atoms with Crippen LogP contribution in [0.1, 0.15) is 51.3 Å². The lowest BCUT2D eigenvalue weighted by Crippen LogP contribution is -2.35. The van der Waals surface area contributed by atoms with Crippen LogP contribution in [0.5, 0.6) is 0 Å². The highest BCUT2D eigenvalue weighted by atomic mass is 15.2. The summed E-state index contributed by atoms with van der Waals surface area (Å²) in [5.74, 6) is 0. The largest absolute Gasteiger partial charge is 0.364 e. The fourth-order valence-corrected chi connectivity index (χ4v) is 2.17. The molecule has 0 bridgehead atoms. The fourth-order valence-electron chi connectivity index (χ4n) is 2.17. The molecule has 1 aromatic rings. The van der Waals surface area contributed by atoms with Crippen LogP contribution in [-0.2, 0) is 0 Å². The van der Waals surface area contributed by atoms with Crippen molar-refractivity contribution in [1.82, 2.24) is 9.88 Å². The third-order valence-electron chi connectivity index (χ3n) is 3.24. The molecule has 0 aliphatic rings. The molecule has 0 fully saturated rings. The lowest BCUT2D eigenvalue weighted by atomic mass is 10.1. The number of nitrogens with one attached hydrogen (secondary N) is 1. The van der Waals surface area contributed by atoms with Crippen LogP contribution in [-0.4, -0.2) is 29.5 Å². The molecule has 3 N–H and O–H groups in total. The van der Waals surface area contributed by atoms with E-state index in [1.54, 1.807) is 0 Å². The van der Waals surface area contributed by atoms with E-state index in [0.29, 0.717) is 12.6 Å². The van der Waals surface area contributed by atoms with Gasteiger partial charge in [-0.2, -0.15) is 0 Å². The van der Waals surface area contributed by atoms with E-state index in [1.807, 2.05) is 6.20 Å². The minimum atomic E-state index is 0.350. The molecule has 0 spiro atoms. The van der Waals surface area contributed by atoms with Crippen molar-refractivity contribution < 1.29 is 0 Å². The van der Waals surface area contributed by atoms with Crippen molar-refractivity contribution in [3.05, 3.63) is 24.0 Å². The number of aromatic amines is 1. The Balaban J connectivity index is 2.63. The molecule has 0 saturated carbocycles. The zero-order valence-corrected chi connectivity index (χ0v) is 11.3. The summed E-state index contributed by atoms with van der Waals surface area (Å²) >= 11 is 0. The molecule has 1 rings (SSSR count). The summed E-state index contributed by atoms with van der Waals surface area (Å²) in [6, 6.07) is 4.54. The van der Waals surface area contributed by atoms with Gasteiger partial charge in [-0.3, -0.25) is 4.90 Å². The quantitative estimate of drug-likeness (QED) is 0.693. The van der Waals surface area contributed by atoms with Crippen molar-refractivity contribution in [2.45, 2.75) is 45.6 Å². The topological polar surface area (TPSA) is 45.0 Å². The van der Waals surface area contributed by atoms with Crippen molar-refractivity contribution in [3.63, 3.8) is 0 Å². The lowest BCUT2D eigenvalue weighted by Gasteiger charge is -2.30. The minimum absolute atomic E-state index is 0.350. The van der Waals surface area contributed by atoms with Crippen molar-refractivity contribution >= 4 is 0 Å². The average Bonchev–Trinajstić information content (AvgIpc) is 2.86. The number of hydrogen-bond donors (Lipinski definition) is 2. The van der Waals surface area contributed by atoms with E-state index in [0.717, 1.165) is 13.1 Å². The third kappa shape index (κ3) is 4.52. The number of nitrogens with zero attached hydrogens (tertiary/aromatic N) is 1. The third-order valence-corrected chi connectivity index (χ3v) is 3.24. The van der Waals surface area contributed by atoms with Crippen LogP contribution in [0.15, 0.2) is 18.3 Å². The van der Waals surface area contributed by atoms with E-state index in [1.165, 1.54) is 31.4 Å². The molecule has 0 amide bonds. The van der Waals surface area contributed by atoms with Crippen molar-refractivity contribution in [2.24, 2.45) is 5.73 Å². The Bertz CT molecular complexity index is 261. The number of H-pyrrole nitrogens is 1. The van der Waals surface area contributed by atoms with Crippen molar-refractivity contribution in [1.29, 1.82) is 0 Å². The normalized spacial score (nSPS) is 13.2. The second-order valence-corrected chi connectivity index (χ2v) is 4.62. The number of hydrogen-bond acceptors (Lipinski definition) is 2. The molecule has 17 heavy (non-hydrogen) atoms. The van der Waals surface area contributed by atoms with Crippen molar-refractivity contribution in [3.8, 4) is 0 Å². The maximum atomic E-state index is 5.95. The Hall–Kier alpha value is -0.800. The predicted molar refractivity (Wildman–Crippen MR) is 74.0 cm³/mol. The zero-order chi connectivity index (χ0) is 12.5. The minimum Gasteiger partial charge on any atom is -0.364 e. The van der Waals surface area contributed by atoms with E-state index < -0.39 is 0 Å². The molecule has 98 valence electrons. The Morgan fingerprint density at radius 2 is 1.88 bits per heavy atom. The Kier molecular flexibility index (Phi) is 6.97. The van der Waals surface area contributed by atoms with Gasteiger partial charge in [-0.15, -0.1) is 0 Å². The summed E-state index contributed by atoms with van der Waals surface area (Å²) in [4.78, 5) is 5.83. The zero-order valence-electron chi connectivity index (χ0n) is 11.3. The number of aromatic nitrogens is 1. The summed E-state index contributed by atoms with van der Waals surface area (Å²) in [6.07, 6.45) is 6.97. The van der Waals surface area contributed by atoms with E-state index in [2.05, 4.69) is 35.9 Å². The summed E-state index contributed by atoms with van der Waals surface area (Å²) < 4.78 is 0. The van der Waals surface area contributed by atoms with Crippen LogP contribution in [0, 0.1) is 0 Å².